The van der Waals surface area contributed by atoms with E-state index >= 15 is 0 Å². The standard InChI is InChI=1S/2C2H5O6P.2Na/c2*3-1(4)2(5)9(6,7)8;;/h2*2,5H,(H,3,4)(H2,6,7,8);;/q;;2*+1/p-2. The second-order valence-corrected chi connectivity index (χ2v) is 5.90. The zero-order chi connectivity index (χ0) is 15.3. The smallest absolute Gasteiger partial charge is 0.547 e. The fourth-order valence-electron chi connectivity index (χ4n) is 0.275. The monoisotopic (exact) mass is 356 g/mol. The van der Waals surface area contributed by atoms with E-state index in [-0.39, 0.29) is 59.1 Å². The number of aliphatic carboxylic acids is 2. The van der Waals surface area contributed by atoms with E-state index in [9.17, 15) is 28.9 Å². The van der Waals surface area contributed by atoms with Crippen molar-refractivity contribution in [2.45, 2.75) is 11.7 Å². The van der Waals surface area contributed by atoms with Gasteiger partial charge in [-0.1, -0.05) is 0 Å². The molecule has 0 saturated heterocycles. The van der Waals surface area contributed by atoms with E-state index in [2.05, 4.69) is 0 Å². The minimum absolute atomic E-state index is 0. The van der Waals surface area contributed by atoms with Crippen LogP contribution in [0.3, 0.4) is 0 Å². The second kappa shape index (κ2) is 11.7. The van der Waals surface area contributed by atoms with Crippen LogP contribution in [0.15, 0.2) is 0 Å². The van der Waals surface area contributed by atoms with E-state index in [1.165, 1.54) is 0 Å². The summed E-state index contributed by atoms with van der Waals surface area (Å²) in [5, 5.41) is 35.1. The molecule has 0 rings (SSSR count). The Balaban J connectivity index is -0.000000116. The molecule has 16 heteroatoms. The van der Waals surface area contributed by atoms with E-state index in [1.807, 2.05) is 0 Å². The van der Waals surface area contributed by atoms with Gasteiger partial charge in [0.2, 0.25) is 0 Å². The van der Waals surface area contributed by atoms with Crippen molar-refractivity contribution in [3.63, 3.8) is 0 Å². The first kappa shape index (κ1) is 29.2. The third kappa shape index (κ3) is 14.1. The molecular formula is C4H8Na2O12P2. The van der Waals surface area contributed by atoms with Crippen LogP contribution >= 0.6 is 15.2 Å². The summed E-state index contributed by atoms with van der Waals surface area (Å²) in [6.07, 6.45) is 0. The molecule has 108 valence electrons. The summed E-state index contributed by atoms with van der Waals surface area (Å²) in [4.78, 5) is 50.6. The van der Waals surface area contributed by atoms with Crippen molar-refractivity contribution >= 4 is 27.1 Å². The van der Waals surface area contributed by atoms with Crippen molar-refractivity contribution in [2.24, 2.45) is 0 Å². The average Bonchev–Trinajstić information content (AvgIpc) is 2.13. The fraction of sp³-hybridized carbons (Fsp3) is 0.500. The number of aliphatic hydroxyl groups is 2. The van der Waals surface area contributed by atoms with Crippen molar-refractivity contribution in [1.82, 2.24) is 0 Å². The number of carboxylic acid groups (broad SMARTS) is 2. The van der Waals surface area contributed by atoms with Gasteiger partial charge in [-0.25, -0.2) is 0 Å². The summed E-state index contributed by atoms with van der Waals surface area (Å²) in [7, 11) is -9.84. The average molecular weight is 356 g/mol. The van der Waals surface area contributed by atoms with Gasteiger partial charge in [-0.3, -0.25) is 9.13 Å². The second-order valence-electron chi connectivity index (χ2n) is 2.56. The Morgan fingerprint density at radius 3 is 0.900 bits per heavy atom. The largest absolute Gasteiger partial charge is 1.00 e. The van der Waals surface area contributed by atoms with Crippen molar-refractivity contribution in [2.75, 3.05) is 0 Å². The van der Waals surface area contributed by atoms with Gasteiger partial charge in [-0.2, -0.15) is 0 Å². The van der Waals surface area contributed by atoms with Crippen LogP contribution in [0.25, 0.3) is 0 Å². The van der Waals surface area contributed by atoms with Gasteiger partial charge < -0.3 is 49.6 Å². The first-order valence-corrected chi connectivity index (χ1v) is 6.95. The van der Waals surface area contributed by atoms with Crippen molar-refractivity contribution in [1.29, 1.82) is 0 Å². The molecule has 2 unspecified atom stereocenters. The summed E-state index contributed by atoms with van der Waals surface area (Å²) in [6, 6.07) is 0. The van der Waals surface area contributed by atoms with E-state index in [1.54, 1.807) is 0 Å². The maximum Gasteiger partial charge on any atom is 1.00 e. The van der Waals surface area contributed by atoms with Crippen LogP contribution < -0.4 is 69.3 Å². The number of rotatable bonds is 4. The van der Waals surface area contributed by atoms with E-state index in [4.69, 9.17) is 29.8 Å². The quantitative estimate of drug-likeness (QED) is 0.203. The summed E-state index contributed by atoms with van der Waals surface area (Å²) in [5.41, 5.74) is 0. The van der Waals surface area contributed by atoms with Crippen LogP contribution in [0, 0.1) is 0 Å². The predicted molar refractivity (Wildman–Crippen MR) is 46.1 cm³/mol. The van der Waals surface area contributed by atoms with Crippen LogP contribution in [-0.2, 0) is 18.7 Å². The molecular weight excluding hydrogens is 348 g/mol. The molecule has 0 amide bonds. The first-order valence-electron chi connectivity index (χ1n) is 3.59. The summed E-state index contributed by atoms with van der Waals surface area (Å²) >= 11 is 0. The Kier molecular flexibility index (Phi) is 17.1. The van der Waals surface area contributed by atoms with E-state index in [0.29, 0.717) is 0 Å². The zero-order valence-corrected chi connectivity index (χ0v) is 16.0. The Bertz CT molecular complexity index is 360. The van der Waals surface area contributed by atoms with Gasteiger partial charge in [0.25, 0.3) is 0 Å². The maximum absolute atomic E-state index is 9.80. The third-order valence-corrected chi connectivity index (χ3v) is 2.75. The topological polar surface area (TPSA) is 236 Å². The summed E-state index contributed by atoms with van der Waals surface area (Å²) in [5.74, 6) is -9.78. The molecule has 0 aromatic heterocycles. The van der Waals surface area contributed by atoms with Crippen LogP contribution in [-0.4, -0.2) is 53.4 Å². The van der Waals surface area contributed by atoms with Crippen LogP contribution in [0.4, 0.5) is 0 Å². The maximum atomic E-state index is 9.80. The van der Waals surface area contributed by atoms with Crippen molar-refractivity contribution in [3.8, 4) is 0 Å². The molecule has 12 nitrogen and oxygen atoms in total. The third-order valence-electron chi connectivity index (χ3n) is 1.06. The molecule has 0 spiro atoms. The molecule has 6 N–H and O–H groups in total. The molecule has 0 fully saturated rings. The summed E-state index contributed by atoms with van der Waals surface area (Å²) in [6.45, 7) is 0. The first-order chi connectivity index (χ1) is 7.71. The van der Waals surface area contributed by atoms with Gasteiger partial charge in [0.15, 0.2) is 11.7 Å². The SMILES string of the molecule is O=C([O-])C(O)P(=O)(O)O.O=C([O-])C(O)P(=O)(O)O.[Na+].[Na+]. The Labute approximate surface area is 155 Å². The number of hydrogen-bond donors (Lipinski definition) is 6. The van der Waals surface area contributed by atoms with Gasteiger partial charge in [0, 0.05) is 0 Å². The molecule has 0 aliphatic heterocycles. The van der Waals surface area contributed by atoms with Gasteiger partial charge in [-0.15, -0.1) is 0 Å². The Hall–Kier alpha value is 1.16. The molecule has 0 aromatic carbocycles. The van der Waals surface area contributed by atoms with Gasteiger partial charge >= 0.3 is 74.3 Å². The van der Waals surface area contributed by atoms with Crippen LogP contribution in [0.5, 0.6) is 0 Å². The molecule has 0 radical (unpaired) electrons. The fourth-order valence-corrected chi connectivity index (χ4v) is 0.824. The molecule has 0 aromatic rings. The molecule has 20 heavy (non-hydrogen) atoms. The minimum Gasteiger partial charge on any atom is -0.547 e. The number of aliphatic hydroxyl groups excluding tert-OH is 2. The van der Waals surface area contributed by atoms with Crippen molar-refractivity contribution < 1.29 is 118 Å². The zero-order valence-electron chi connectivity index (χ0n) is 10.2. The van der Waals surface area contributed by atoms with Crippen LogP contribution in [0.1, 0.15) is 0 Å². The molecule has 0 saturated carbocycles. The molecule has 2 atom stereocenters. The van der Waals surface area contributed by atoms with Gasteiger partial charge in [-0.05, 0) is 0 Å². The van der Waals surface area contributed by atoms with E-state index < -0.39 is 38.8 Å². The normalized spacial score (nSPS) is 13.5. The number of hydrogen-bond acceptors (Lipinski definition) is 8. The Morgan fingerprint density at radius 2 is 0.900 bits per heavy atom. The van der Waals surface area contributed by atoms with Crippen molar-refractivity contribution in [3.05, 3.63) is 0 Å². The Morgan fingerprint density at radius 1 is 0.750 bits per heavy atom. The number of carbonyl (C=O) groups excluding carboxylic acids is 2. The molecule has 0 heterocycles. The minimum atomic E-state index is -4.92. The number of carbonyl (C=O) groups is 2. The molecule has 0 aliphatic carbocycles. The van der Waals surface area contributed by atoms with E-state index in [0.717, 1.165) is 0 Å². The molecule has 0 aliphatic rings. The molecule has 0 bridgehead atoms. The van der Waals surface area contributed by atoms with Crippen LogP contribution in [0.2, 0.25) is 0 Å². The predicted octanol–water partition coefficient (Wildman–Crippen LogP) is -11.5. The van der Waals surface area contributed by atoms with Gasteiger partial charge in [0.1, 0.15) is 0 Å². The van der Waals surface area contributed by atoms with Gasteiger partial charge in [0.05, 0.1) is 11.9 Å². The number of carboxylic acids is 2. The summed E-state index contributed by atoms with van der Waals surface area (Å²) < 4.78 is 19.6.